The third-order valence-electron chi connectivity index (χ3n) is 3.96. The summed E-state index contributed by atoms with van der Waals surface area (Å²) in [6.45, 7) is 5.84. The Bertz CT molecular complexity index is 824. The zero-order valence-corrected chi connectivity index (χ0v) is 18.0. The fourth-order valence-corrected chi connectivity index (χ4v) is 3.80. The minimum atomic E-state index is -0.677. The third-order valence-corrected chi connectivity index (χ3v) is 5.14. The van der Waals surface area contributed by atoms with Gasteiger partial charge in [-0.15, -0.1) is 0 Å². The molecule has 1 atom stereocenters. The molecule has 1 aliphatic heterocycles. The molecule has 9 nitrogen and oxygen atoms in total. The van der Waals surface area contributed by atoms with Crippen molar-refractivity contribution < 1.29 is 28.7 Å². The zero-order valence-electron chi connectivity index (χ0n) is 17.2. The third kappa shape index (κ3) is 6.31. The van der Waals surface area contributed by atoms with Crippen LogP contribution in [0.5, 0.6) is 0 Å². The Labute approximate surface area is 179 Å². The highest BCUT2D eigenvalue weighted by Crippen LogP contribution is 2.31. The van der Waals surface area contributed by atoms with Gasteiger partial charge in [0.1, 0.15) is 11.8 Å². The summed E-state index contributed by atoms with van der Waals surface area (Å²) < 4.78 is 9.89. The summed E-state index contributed by atoms with van der Waals surface area (Å²) in [6, 6.07) is 6.37. The van der Waals surface area contributed by atoms with Crippen LogP contribution in [-0.2, 0) is 23.9 Å². The normalized spacial score (nSPS) is 17.2. The van der Waals surface area contributed by atoms with Gasteiger partial charge in [-0.25, -0.2) is 9.79 Å². The summed E-state index contributed by atoms with van der Waals surface area (Å²) in [7, 11) is 0. The van der Waals surface area contributed by atoms with Crippen LogP contribution in [0.15, 0.2) is 29.3 Å². The van der Waals surface area contributed by atoms with Crippen LogP contribution in [0.3, 0.4) is 0 Å². The number of carbonyl (C=O) groups is 4. The Hall–Kier alpha value is -2.88. The molecule has 0 spiro atoms. The summed E-state index contributed by atoms with van der Waals surface area (Å²) >= 11 is 1.12. The monoisotopic (exact) mass is 435 g/mol. The van der Waals surface area contributed by atoms with Crippen LogP contribution in [0.25, 0.3) is 0 Å². The Kier molecular flexibility index (Phi) is 8.85. The lowest BCUT2D eigenvalue weighted by Gasteiger charge is -2.15. The first-order valence-electron chi connectivity index (χ1n) is 9.65. The first-order chi connectivity index (χ1) is 14.4. The van der Waals surface area contributed by atoms with E-state index in [2.05, 4.69) is 10.3 Å². The molecule has 1 N–H and O–H groups in total. The molecule has 162 valence electrons. The quantitative estimate of drug-likeness (QED) is 0.589. The number of nitrogens with one attached hydrogen (secondary N) is 1. The van der Waals surface area contributed by atoms with Gasteiger partial charge < -0.3 is 14.8 Å². The summed E-state index contributed by atoms with van der Waals surface area (Å²) in [4.78, 5) is 54.1. The van der Waals surface area contributed by atoms with E-state index in [0.29, 0.717) is 23.0 Å². The van der Waals surface area contributed by atoms with E-state index in [4.69, 9.17) is 9.47 Å². The topological polar surface area (TPSA) is 114 Å². The second-order valence-electron chi connectivity index (χ2n) is 6.16. The second-order valence-corrected chi connectivity index (χ2v) is 7.33. The molecule has 1 unspecified atom stereocenters. The summed E-state index contributed by atoms with van der Waals surface area (Å²) in [6.07, 6.45) is -0.0164. The highest BCUT2D eigenvalue weighted by atomic mass is 32.2. The molecule has 0 aliphatic carbocycles. The molecular weight excluding hydrogens is 410 g/mol. The van der Waals surface area contributed by atoms with Crippen molar-refractivity contribution in [2.24, 2.45) is 4.99 Å². The molecule has 1 fully saturated rings. The molecular formula is C20H25N3O6S. The fourth-order valence-electron chi connectivity index (χ4n) is 2.64. The van der Waals surface area contributed by atoms with E-state index in [1.807, 2.05) is 0 Å². The predicted molar refractivity (Wildman–Crippen MR) is 113 cm³/mol. The first-order valence-corrected chi connectivity index (χ1v) is 10.5. The molecule has 0 bridgehead atoms. The van der Waals surface area contributed by atoms with E-state index in [0.717, 1.165) is 11.8 Å². The summed E-state index contributed by atoms with van der Waals surface area (Å²) in [5.74, 6) is -1.62. The number of aliphatic imine (C=N–C) groups is 1. The standard InChI is InChI=1S/C20H25N3O6S/c1-4-21-16(24)11-15-18(26)23(12-17(25)28-5-2)20(30-15)22-14-9-7-13(8-10-14)19(27)29-6-3/h7-10,15H,4-6,11-12H2,1-3H3,(H,21,24). The maximum absolute atomic E-state index is 12.8. The molecule has 1 aliphatic rings. The maximum Gasteiger partial charge on any atom is 0.338 e. The smallest absolute Gasteiger partial charge is 0.338 e. The number of ether oxygens (including phenoxy) is 2. The van der Waals surface area contributed by atoms with E-state index in [1.54, 1.807) is 45.0 Å². The van der Waals surface area contributed by atoms with Crippen molar-refractivity contribution in [3.05, 3.63) is 29.8 Å². The van der Waals surface area contributed by atoms with E-state index in [1.165, 1.54) is 4.90 Å². The van der Waals surface area contributed by atoms with Gasteiger partial charge in [0.2, 0.25) is 11.8 Å². The summed E-state index contributed by atoms with van der Waals surface area (Å²) in [5, 5.41) is 2.28. The van der Waals surface area contributed by atoms with Gasteiger partial charge in [0.25, 0.3) is 0 Å². The Morgan fingerprint density at radius 2 is 1.77 bits per heavy atom. The van der Waals surface area contributed by atoms with E-state index < -0.39 is 17.2 Å². The van der Waals surface area contributed by atoms with Gasteiger partial charge in [0.05, 0.1) is 24.5 Å². The van der Waals surface area contributed by atoms with Crippen LogP contribution in [0.4, 0.5) is 5.69 Å². The lowest BCUT2D eigenvalue weighted by Crippen LogP contribution is -2.38. The van der Waals surface area contributed by atoms with Gasteiger partial charge in [0, 0.05) is 13.0 Å². The molecule has 0 aromatic heterocycles. The number of rotatable bonds is 9. The average molecular weight is 436 g/mol. The molecule has 2 rings (SSSR count). The molecule has 2 amide bonds. The van der Waals surface area contributed by atoms with Gasteiger partial charge in [-0.2, -0.15) is 0 Å². The van der Waals surface area contributed by atoms with Crippen LogP contribution in [0, 0.1) is 0 Å². The molecule has 0 radical (unpaired) electrons. The molecule has 30 heavy (non-hydrogen) atoms. The van der Waals surface area contributed by atoms with E-state index in [-0.39, 0.29) is 38.0 Å². The predicted octanol–water partition coefficient (Wildman–Crippen LogP) is 1.88. The minimum Gasteiger partial charge on any atom is -0.465 e. The number of thioether (sulfide) groups is 1. The molecule has 1 heterocycles. The molecule has 0 saturated carbocycles. The highest BCUT2D eigenvalue weighted by molar-refractivity contribution is 8.15. The van der Waals surface area contributed by atoms with Crippen molar-refractivity contribution in [1.82, 2.24) is 10.2 Å². The number of carbonyl (C=O) groups excluding carboxylic acids is 4. The van der Waals surface area contributed by atoms with Crippen molar-refractivity contribution in [3.8, 4) is 0 Å². The fraction of sp³-hybridized carbons (Fsp3) is 0.450. The van der Waals surface area contributed by atoms with Crippen LogP contribution < -0.4 is 5.32 Å². The van der Waals surface area contributed by atoms with Crippen LogP contribution in [0.2, 0.25) is 0 Å². The lowest BCUT2D eigenvalue weighted by atomic mass is 10.2. The van der Waals surface area contributed by atoms with Crippen LogP contribution in [0.1, 0.15) is 37.6 Å². The second kappa shape index (κ2) is 11.3. The van der Waals surface area contributed by atoms with E-state index in [9.17, 15) is 19.2 Å². The number of benzene rings is 1. The molecule has 1 aromatic rings. The van der Waals surface area contributed by atoms with Crippen LogP contribution in [-0.4, -0.2) is 65.4 Å². The van der Waals surface area contributed by atoms with Crippen molar-refractivity contribution >= 4 is 46.4 Å². The number of hydrogen-bond donors (Lipinski definition) is 1. The molecule has 1 saturated heterocycles. The molecule has 10 heteroatoms. The number of amides is 2. The number of nitrogens with zero attached hydrogens (tertiary/aromatic N) is 2. The minimum absolute atomic E-state index is 0.0164. The highest BCUT2D eigenvalue weighted by Gasteiger charge is 2.40. The Morgan fingerprint density at radius 3 is 2.37 bits per heavy atom. The number of amidine groups is 1. The van der Waals surface area contributed by atoms with Gasteiger partial charge in [-0.05, 0) is 45.0 Å². The average Bonchev–Trinajstić information content (AvgIpc) is 2.98. The van der Waals surface area contributed by atoms with E-state index >= 15 is 0 Å². The number of esters is 2. The van der Waals surface area contributed by atoms with Gasteiger partial charge in [0.15, 0.2) is 5.17 Å². The van der Waals surface area contributed by atoms with Gasteiger partial charge in [-0.1, -0.05) is 11.8 Å². The summed E-state index contributed by atoms with van der Waals surface area (Å²) in [5.41, 5.74) is 0.874. The van der Waals surface area contributed by atoms with Crippen molar-refractivity contribution in [3.63, 3.8) is 0 Å². The van der Waals surface area contributed by atoms with Crippen molar-refractivity contribution in [1.29, 1.82) is 0 Å². The van der Waals surface area contributed by atoms with Crippen molar-refractivity contribution in [2.45, 2.75) is 32.4 Å². The lowest BCUT2D eigenvalue weighted by molar-refractivity contribution is -0.146. The van der Waals surface area contributed by atoms with Crippen molar-refractivity contribution in [2.75, 3.05) is 26.3 Å². The van der Waals surface area contributed by atoms with Gasteiger partial charge in [-0.3, -0.25) is 19.3 Å². The van der Waals surface area contributed by atoms with Gasteiger partial charge >= 0.3 is 11.9 Å². The Balaban J connectivity index is 2.23. The zero-order chi connectivity index (χ0) is 22.1. The Morgan fingerprint density at radius 1 is 1.10 bits per heavy atom. The largest absolute Gasteiger partial charge is 0.465 e. The first kappa shape index (κ1) is 23.4. The SMILES string of the molecule is CCNC(=O)CC1SC(=Nc2ccc(C(=O)OCC)cc2)N(CC(=O)OCC)C1=O. The maximum atomic E-state index is 12.8. The number of hydrogen-bond acceptors (Lipinski definition) is 8. The molecule has 1 aromatic carbocycles. The van der Waals surface area contributed by atoms with Crippen LogP contribution >= 0.6 is 11.8 Å².